The zero-order chi connectivity index (χ0) is 21.8. The predicted octanol–water partition coefficient (Wildman–Crippen LogP) is 2.87. The molecule has 8 heteroatoms. The molecule has 0 saturated heterocycles. The summed E-state index contributed by atoms with van der Waals surface area (Å²) >= 11 is 1.55. The number of carbonyl (C=O) groups is 3. The first-order valence-corrected chi connectivity index (χ1v) is 10.8. The van der Waals surface area contributed by atoms with Crippen molar-refractivity contribution < 1.29 is 14.4 Å². The van der Waals surface area contributed by atoms with E-state index in [1.165, 1.54) is 4.90 Å². The van der Waals surface area contributed by atoms with Gasteiger partial charge in [0.05, 0.1) is 13.0 Å². The minimum atomic E-state index is -1.20. The van der Waals surface area contributed by atoms with E-state index in [1.54, 1.807) is 59.7 Å². The Morgan fingerprint density at radius 1 is 1.19 bits per heavy atom. The van der Waals surface area contributed by atoms with Gasteiger partial charge in [-0.15, -0.1) is 11.3 Å². The van der Waals surface area contributed by atoms with Crippen LogP contribution >= 0.6 is 11.3 Å². The Labute approximate surface area is 184 Å². The molecular weight excluding hydrogens is 412 g/mol. The summed E-state index contributed by atoms with van der Waals surface area (Å²) in [6, 6.07) is 12.9. The number of carbonyl (C=O) groups excluding carboxylic acids is 3. The van der Waals surface area contributed by atoms with Crippen LogP contribution in [0.15, 0.2) is 77.3 Å². The molecule has 0 fully saturated rings. The largest absolute Gasteiger partial charge is 0.350 e. The molecule has 2 aromatic rings. The van der Waals surface area contributed by atoms with Crippen LogP contribution in [0.3, 0.4) is 0 Å². The number of hydrogen-bond acceptors (Lipinski definition) is 5. The van der Waals surface area contributed by atoms with Crippen LogP contribution in [0.4, 0.5) is 5.69 Å². The van der Waals surface area contributed by atoms with Crippen molar-refractivity contribution >= 4 is 40.6 Å². The van der Waals surface area contributed by atoms with E-state index in [4.69, 9.17) is 0 Å². The maximum atomic E-state index is 13.8. The Bertz CT molecular complexity index is 1080. The number of amidine groups is 1. The van der Waals surface area contributed by atoms with Crippen LogP contribution in [0.2, 0.25) is 0 Å². The van der Waals surface area contributed by atoms with E-state index in [0.29, 0.717) is 18.1 Å². The van der Waals surface area contributed by atoms with E-state index in [9.17, 15) is 14.4 Å². The van der Waals surface area contributed by atoms with Crippen molar-refractivity contribution in [1.82, 2.24) is 10.2 Å². The highest BCUT2D eigenvalue weighted by atomic mass is 32.1. The zero-order valence-corrected chi connectivity index (χ0v) is 17.8. The molecule has 0 radical (unpaired) electrons. The van der Waals surface area contributed by atoms with Gasteiger partial charge in [0.25, 0.3) is 11.8 Å². The normalized spacial score (nSPS) is 19.6. The molecule has 0 bridgehead atoms. The van der Waals surface area contributed by atoms with E-state index in [-0.39, 0.29) is 30.7 Å². The summed E-state index contributed by atoms with van der Waals surface area (Å²) in [5.41, 5.74) is -0.604. The number of benzene rings is 1. The van der Waals surface area contributed by atoms with Crippen LogP contribution in [0.1, 0.15) is 18.2 Å². The van der Waals surface area contributed by atoms with E-state index < -0.39 is 5.54 Å². The summed E-state index contributed by atoms with van der Waals surface area (Å²) in [4.78, 5) is 47.1. The van der Waals surface area contributed by atoms with Crippen LogP contribution in [-0.2, 0) is 20.9 Å². The van der Waals surface area contributed by atoms with Crippen molar-refractivity contribution in [3.05, 3.63) is 77.1 Å². The number of nitrogens with one attached hydrogen (secondary N) is 1. The molecule has 3 amide bonds. The monoisotopic (exact) mass is 434 g/mol. The molecule has 158 valence electrons. The Morgan fingerprint density at radius 2 is 2.00 bits per heavy atom. The molecule has 1 N–H and O–H groups in total. The molecule has 1 atom stereocenters. The fourth-order valence-electron chi connectivity index (χ4n) is 3.65. The van der Waals surface area contributed by atoms with Crippen molar-refractivity contribution in [2.24, 2.45) is 4.99 Å². The maximum absolute atomic E-state index is 13.8. The molecule has 2 aliphatic rings. The first-order chi connectivity index (χ1) is 15.0. The number of fused-ring (bicyclic) bond motifs is 1. The first kappa shape index (κ1) is 20.7. The van der Waals surface area contributed by atoms with E-state index in [0.717, 1.165) is 4.88 Å². The Balaban J connectivity index is 1.60. The zero-order valence-electron chi connectivity index (χ0n) is 17.0. The average Bonchev–Trinajstić information content (AvgIpc) is 3.30. The molecular formula is C23H22N4O3S. The van der Waals surface area contributed by atoms with Crippen molar-refractivity contribution in [1.29, 1.82) is 0 Å². The molecule has 0 unspecified atom stereocenters. The molecule has 3 heterocycles. The summed E-state index contributed by atoms with van der Waals surface area (Å²) in [5.74, 6) is -0.563. The van der Waals surface area contributed by atoms with Crippen LogP contribution in [0.5, 0.6) is 0 Å². The second-order valence-corrected chi connectivity index (χ2v) is 8.50. The molecule has 0 saturated carbocycles. The molecule has 0 spiro atoms. The van der Waals surface area contributed by atoms with Gasteiger partial charge < -0.3 is 15.1 Å². The molecule has 4 rings (SSSR count). The topological polar surface area (TPSA) is 82.1 Å². The van der Waals surface area contributed by atoms with E-state index in [1.807, 2.05) is 35.7 Å². The average molecular weight is 435 g/mol. The standard InChI is InChI=1S/C23H22N4O3S/c1-23(14-20(28)25-19-11-5-6-12-27(19)23)22(30)26(17-8-3-2-4-9-17)16-21(29)24-15-18-10-7-13-31-18/h2-13H,14-16H2,1H3,(H,24,29)/t23-/m1/s1. The van der Waals surface area contributed by atoms with Gasteiger partial charge in [0, 0.05) is 16.8 Å². The smallest absolute Gasteiger partial charge is 0.254 e. The lowest BCUT2D eigenvalue weighted by Gasteiger charge is -2.44. The van der Waals surface area contributed by atoms with Crippen LogP contribution in [0.25, 0.3) is 0 Å². The summed E-state index contributed by atoms with van der Waals surface area (Å²) in [5, 5.41) is 4.82. The second-order valence-electron chi connectivity index (χ2n) is 7.47. The van der Waals surface area contributed by atoms with Gasteiger partial charge in [0.2, 0.25) is 5.91 Å². The summed E-state index contributed by atoms with van der Waals surface area (Å²) in [6.07, 6.45) is 6.92. The van der Waals surface area contributed by atoms with Gasteiger partial charge in [-0.1, -0.05) is 30.3 Å². The number of para-hydroxylation sites is 1. The lowest BCUT2D eigenvalue weighted by Crippen LogP contribution is -2.61. The van der Waals surface area contributed by atoms with Crippen LogP contribution < -0.4 is 10.2 Å². The third-order valence-electron chi connectivity index (χ3n) is 5.22. The highest BCUT2D eigenvalue weighted by Gasteiger charge is 2.47. The summed E-state index contributed by atoms with van der Waals surface area (Å²) in [6.45, 7) is 1.96. The minimum Gasteiger partial charge on any atom is -0.350 e. The summed E-state index contributed by atoms with van der Waals surface area (Å²) in [7, 11) is 0. The Morgan fingerprint density at radius 3 is 2.74 bits per heavy atom. The molecule has 1 aromatic heterocycles. The van der Waals surface area contributed by atoms with Gasteiger partial charge in [0.1, 0.15) is 17.9 Å². The molecule has 0 aliphatic carbocycles. The Kier molecular flexibility index (Phi) is 5.81. The van der Waals surface area contributed by atoms with E-state index >= 15 is 0 Å². The van der Waals surface area contributed by atoms with Gasteiger partial charge in [-0.2, -0.15) is 4.99 Å². The number of amides is 3. The second kappa shape index (κ2) is 8.69. The van der Waals surface area contributed by atoms with Gasteiger partial charge in [0.15, 0.2) is 0 Å². The van der Waals surface area contributed by atoms with Crippen molar-refractivity contribution in [3.63, 3.8) is 0 Å². The number of anilines is 1. The number of nitrogens with zero attached hydrogens (tertiary/aromatic N) is 3. The summed E-state index contributed by atoms with van der Waals surface area (Å²) < 4.78 is 0. The van der Waals surface area contributed by atoms with Crippen LogP contribution in [0, 0.1) is 0 Å². The lowest BCUT2D eigenvalue weighted by molar-refractivity contribution is -0.133. The van der Waals surface area contributed by atoms with Crippen molar-refractivity contribution in [3.8, 4) is 0 Å². The fraction of sp³-hybridized carbons (Fsp3) is 0.217. The number of allylic oxidation sites excluding steroid dienone is 2. The van der Waals surface area contributed by atoms with Gasteiger partial charge in [-0.3, -0.25) is 14.4 Å². The van der Waals surface area contributed by atoms with Gasteiger partial charge >= 0.3 is 0 Å². The van der Waals surface area contributed by atoms with Crippen molar-refractivity contribution in [2.45, 2.75) is 25.4 Å². The van der Waals surface area contributed by atoms with Crippen LogP contribution in [-0.4, -0.2) is 40.5 Å². The third kappa shape index (κ3) is 4.34. The fourth-order valence-corrected chi connectivity index (χ4v) is 4.29. The lowest BCUT2D eigenvalue weighted by atomic mass is 9.90. The molecule has 2 aliphatic heterocycles. The maximum Gasteiger partial charge on any atom is 0.254 e. The quantitative estimate of drug-likeness (QED) is 0.758. The number of aliphatic imine (C=N–C) groups is 1. The predicted molar refractivity (Wildman–Crippen MR) is 121 cm³/mol. The first-order valence-electron chi connectivity index (χ1n) is 9.89. The van der Waals surface area contributed by atoms with Crippen molar-refractivity contribution in [2.75, 3.05) is 11.4 Å². The highest BCUT2D eigenvalue weighted by molar-refractivity contribution is 7.09. The molecule has 31 heavy (non-hydrogen) atoms. The Hall–Kier alpha value is -3.52. The number of rotatable bonds is 6. The molecule has 7 nitrogen and oxygen atoms in total. The highest BCUT2D eigenvalue weighted by Crippen LogP contribution is 2.31. The molecule has 1 aromatic carbocycles. The SMILES string of the molecule is C[C@]1(C(=O)N(CC(=O)NCc2cccs2)c2ccccc2)CC(=O)N=C2C=CC=CN21. The van der Waals surface area contributed by atoms with E-state index in [2.05, 4.69) is 10.3 Å². The third-order valence-corrected chi connectivity index (χ3v) is 6.10. The van der Waals surface area contributed by atoms with Gasteiger partial charge in [-0.25, -0.2) is 0 Å². The number of hydrogen-bond donors (Lipinski definition) is 1. The minimum absolute atomic E-state index is 0.0757. The number of thiophene rings is 1. The van der Waals surface area contributed by atoms with Gasteiger partial charge in [-0.05, 0) is 42.7 Å².